The van der Waals surface area contributed by atoms with Crippen LogP contribution in [0.2, 0.25) is 10.0 Å². The largest absolute Gasteiger partial charge is 0.344 e. The monoisotopic (exact) mass is 294 g/mol. The number of pyridine rings is 1. The van der Waals surface area contributed by atoms with Gasteiger partial charge < -0.3 is 5.32 Å². The number of amides is 1. The van der Waals surface area contributed by atoms with E-state index in [2.05, 4.69) is 10.3 Å². The lowest BCUT2D eigenvalue weighted by Crippen LogP contribution is -2.27. The molecule has 0 saturated carbocycles. The highest BCUT2D eigenvalue weighted by atomic mass is 35.5. The summed E-state index contributed by atoms with van der Waals surface area (Å²) in [4.78, 5) is 16.3. The summed E-state index contributed by atoms with van der Waals surface area (Å²) in [6.07, 6.45) is 1.68. The Morgan fingerprint density at radius 2 is 2.00 bits per heavy atom. The second-order valence-corrected chi connectivity index (χ2v) is 4.84. The minimum Gasteiger partial charge on any atom is -0.344 e. The van der Waals surface area contributed by atoms with Crippen molar-refractivity contribution >= 4 is 29.1 Å². The number of carbonyl (C=O) groups excluding carboxylic acids is 1. The van der Waals surface area contributed by atoms with Gasteiger partial charge in [-0.2, -0.15) is 0 Å². The van der Waals surface area contributed by atoms with Gasteiger partial charge in [-0.25, -0.2) is 0 Å². The van der Waals surface area contributed by atoms with Crippen LogP contribution < -0.4 is 5.32 Å². The SMILES string of the molecule is CC(NC(=O)c1cccc(Cl)c1Cl)c1ccccn1. The van der Waals surface area contributed by atoms with Crippen LogP contribution in [0.5, 0.6) is 0 Å². The number of benzene rings is 1. The van der Waals surface area contributed by atoms with Crippen LogP contribution in [0.3, 0.4) is 0 Å². The van der Waals surface area contributed by atoms with E-state index in [0.29, 0.717) is 10.6 Å². The van der Waals surface area contributed by atoms with E-state index in [1.54, 1.807) is 24.4 Å². The molecule has 5 heteroatoms. The van der Waals surface area contributed by atoms with Gasteiger partial charge in [0.2, 0.25) is 0 Å². The molecule has 2 rings (SSSR count). The fourth-order valence-electron chi connectivity index (χ4n) is 1.66. The molecule has 0 fully saturated rings. The maximum absolute atomic E-state index is 12.1. The number of carbonyl (C=O) groups is 1. The van der Waals surface area contributed by atoms with Gasteiger partial charge in [0.1, 0.15) is 0 Å². The molecular formula is C14H12Cl2N2O. The van der Waals surface area contributed by atoms with E-state index >= 15 is 0 Å². The third kappa shape index (κ3) is 3.25. The molecule has 0 bridgehead atoms. The number of hydrogen-bond acceptors (Lipinski definition) is 2. The van der Waals surface area contributed by atoms with E-state index in [4.69, 9.17) is 23.2 Å². The van der Waals surface area contributed by atoms with Gasteiger partial charge in [-0.15, -0.1) is 0 Å². The smallest absolute Gasteiger partial charge is 0.253 e. The zero-order valence-electron chi connectivity index (χ0n) is 10.2. The average Bonchev–Trinajstić information content (AvgIpc) is 2.42. The average molecular weight is 295 g/mol. The van der Waals surface area contributed by atoms with Crippen molar-refractivity contribution in [1.82, 2.24) is 10.3 Å². The molecule has 1 N–H and O–H groups in total. The standard InChI is InChI=1S/C14H12Cl2N2O/c1-9(12-7-2-3-8-17-12)18-14(19)10-5-4-6-11(15)13(10)16/h2-9H,1H3,(H,18,19). The maximum Gasteiger partial charge on any atom is 0.253 e. The quantitative estimate of drug-likeness (QED) is 0.933. The zero-order valence-corrected chi connectivity index (χ0v) is 11.7. The van der Waals surface area contributed by atoms with Crippen molar-refractivity contribution in [3.8, 4) is 0 Å². The Hall–Kier alpha value is -1.58. The summed E-state index contributed by atoms with van der Waals surface area (Å²) in [5.74, 6) is -0.273. The van der Waals surface area contributed by atoms with Gasteiger partial charge in [-0.1, -0.05) is 35.3 Å². The van der Waals surface area contributed by atoms with Gasteiger partial charge >= 0.3 is 0 Å². The van der Waals surface area contributed by atoms with Gasteiger partial charge in [0.15, 0.2) is 0 Å². The van der Waals surface area contributed by atoms with Crippen molar-refractivity contribution in [2.75, 3.05) is 0 Å². The van der Waals surface area contributed by atoms with Crippen LogP contribution in [0.1, 0.15) is 29.0 Å². The topological polar surface area (TPSA) is 42.0 Å². The minimum absolute atomic E-state index is 0.205. The van der Waals surface area contributed by atoms with Gasteiger partial charge in [0.25, 0.3) is 5.91 Å². The lowest BCUT2D eigenvalue weighted by atomic mass is 10.1. The third-order valence-electron chi connectivity index (χ3n) is 2.68. The molecule has 3 nitrogen and oxygen atoms in total. The molecule has 0 radical (unpaired) electrons. The number of nitrogens with one attached hydrogen (secondary N) is 1. The Bertz CT molecular complexity index is 587. The summed E-state index contributed by atoms with van der Waals surface area (Å²) >= 11 is 11.9. The Morgan fingerprint density at radius 1 is 1.21 bits per heavy atom. The molecule has 1 aromatic heterocycles. The van der Waals surface area contributed by atoms with E-state index in [0.717, 1.165) is 5.69 Å². The minimum atomic E-state index is -0.273. The summed E-state index contributed by atoms with van der Waals surface area (Å²) in [7, 11) is 0. The summed E-state index contributed by atoms with van der Waals surface area (Å²) in [6, 6.07) is 10.3. The molecule has 19 heavy (non-hydrogen) atoms. The van der Waals surface area contributed by atoms with Crippen LogP contribution in [0.15, 0.2) is 42.6 Å². The first kappa shape index (κ1) is 13.8. The molecule has 0 saturated heterocycles. The van der Waals surface area contributed by atoms with Crippen LogP contribution in [-0.4, -0.2) is 10.9 Å². The second kappa shape index (κ2) is 6.04. The molecule has 1 amide bonds. The fourth-order valence-corrected chi connectivity index (χ4v) is 2.05. The molecule has 1 heterocycles. The van der Waals surface area contributed by atoms with Crippen molar-refractivity contribution in [3.05, 3.63) is 63.9 Å². The fraction of sp³-hybridized carbons (Fsp3) is 0.143. The molecule has 98 valence electrons. The third-order valence-corrected chi connectivity index (χ3v) is 3.49. The van der Waals surface area contributed by atoms with E-state index < -0.39 is 0 Å². The molecule has 1 atom stereocenters. The highest BCUT2D eigenvalue weighted by molar-refractivity contribution is 6.43. The number of hydrogen-bond donors (Lipinski definition) is 1. The van der Waals surface area contributed by atoms with Crippen molar-refractivity contribution < 1.29 is 4.79 Å². The first-order valence-electron chi connectivity index (χ1n) is 5.75. The van der Waals surface area contributed by atoms with Crippen LogP contribution in [0.25, 0.3) is 0 Å². The molecular weight excluding hydrogens is 283 g/mol. The molecule has 1 aromatic carbocycles. The Labute approximate surface area is 121 Å². The zero-order chi connectivity index (χ0) is 13.8. The number of nitrogens with zero attached hydrogens (tertiary/aromatic N) is 1. The van der Waals surface area contributed by atoms with E-state index in [-0.39, 0.29) is 17.0 Å². The number of aromatic nitrogens is 1. The molecule has 0 aliphatic carbocycles. The lowest BCUT2D eigenvalue weighted by Gasteiger charge is -2.14. The second-order valence-electron chi connectivity index (χ2n) is 4.05. The molecule has 1 unspecified atom stereocenters. The van der Waals surface area contributed by atoms with E-state index in [1.807, 2.05) is 25.1 Å². The Balaban J connectivity index is 2.16. The molecule has 0 aliphatic heterocycles. The normalized spacial score (nSPS) is 11.9. The first-order chi connectivity index (χ1) is 9.09. The lowest BCUT2D eigenvalue weighted by molar-refractivity contribution is 0.0939. The van der Waals surface area contributed by atoms with Crippen LogP contribution in [-0.2, 0) is 0 Å². The van der Waals surface area contributed by atoms with Gasteiger partial charge in [-0.05, 0) is 31.2 Å². The van der Waals surface area contributed by atoms with Crippen molar-refractivity contribution in [2.24, 2.45) is 0 Å². The van der Waals surface area contributed by atoms with Crippen molar-refractivity contribution in [2.45, 2.75) is 13.0 Å². The van der Waals surface area contributed by atoms with Gasteiger partial charge in [-0.3, -0.25) is 9.78 Å². The summed E-state index contributed by atoms with van der Waals surface area (Å²) < 4.78 is 0. The molecule has 0 spiro atoms. The van der Waals surface area contributed by atoms with Crippen molar-refractivity contribution in [3.63, 3.8) is 0 Å². The Kier molecular flexibility index (Phi) is 4.40. The Morgan fingerprint density at radius 3 is 2.68 bits per heavy atom. The number of halogens is 2. The number of rotatable bonds is 3. The van der Waals surface area contributed by atoms with Gasteiger partial charge in [0, 0.05) is 6.20 Å². The van der Waals surface area contributed by atoms with Gasteiger partial charge in [0.05, 0.1) is 27.3 Å². The predicted octanol–water partition coefficient (Wildman–Crippen LogP) is 3.88. The summed E-state index contributed by atoms with van der Waals surface area (Å²) in [6.45, 7) is 1.86. The van der Waals surface area contributed by atoms with Crippen molar-refractivity contribution in [1.29, 1.82) is 0 Å². The first-order valence-corrected chi connectivity index (χ1v) is 6.51. The van der Waals surface area contributed by atoms with Crippen LogP contribution >= 0.6 is 23.2 Å². The predicted molar refractivity (Wildman–Crippen MR) is 76.6 cm³/mol. The van der Waals surface area contributed by atoms with E-state index in [1.165, 1.54) is 0 Å². The molecule has 2 aromatic rings. The van der Waals surface area contributed by atoms with Crippen LogP contribution in [0.4, 0.5) is 0 Å². The highest BCUT2D eigenvalue weighted by Crippen LogP contribution is 2.25. The van der Waals surface area contributed by atoms with E-state index in [9.17, 15) is 4.79 Å². The summed E-state index contributed by atoms with van der Waals surface area (Å²) in [5.41, 5.74) is 1.14. The van der Waals surface area contributed by atoms with Crippen LogP contribution in [0, 0.1) is 0 Å². The maximum atomic E-state index is 12.1. The molecule has 0 aliphatic rings. The summed E-state index contributed by atoms with van der Waals surface area (Å²) in [5, 5.41) is 3.46. The highest BCUT2D eigenvalue weighted by Gasteiger charge is 2.15.